The van der Waals surface area contributed by atoms with Crippen LogP contribution in [0.4, 0.5) is 4.39 Å². The van der Waals surface area contributed by atoms with Crippen LogP contribution in [0.5, 0.6) is 0 Å². The molecule has 0 unspecified atom stereocenters. The summed E-state index contributed by atoms with van der Waals surface area (Å²) in [6, 6.07) is 4.70. The number of nitrogens with one attached hydrogen (secondary N) is 1. The van der Waals surface area contributed by atoms with Crippen LogP contribution in [0.2, 0.25) is 0 Å². The largest absolute Gasteiger partial charge is 0.507 e. The zero-order chi connectivity index (χ0) is 26.7. The molecule has 1 aromatic carbocycles. The SMILES string of the molecule is CCOC(=O)c1[nH]c(C)c(/C(O)=C2\C(=O)C(=O)N(CCCN3CCOCC3)[C@H]2c2cccc(F)c2)c1C. The monoisotopic (exact) mass is 513 g/mol. The number of H-pyrrole nitrogens is 1. The number of likely N-dealkylation sites (tertiary alicyclic amines) is 1. The Morgan fingerprint density at radius 2 is 1.95 bits per heavy atom. The van der Waals surface area contributed by atoms with Gasteiger partial charge >= 0.3 is 5.97 Å². The molecule has 0 aliphatic carbocycles. The Labute approximate surface area is 214 Å². The quantitative estimate of drug-likeness (QED) is 0.241. The van der Waals surface area contributed by atoms with Gasteiger partial charge in [0.05, 0.1) is 31.4 Å². The van der Waals surface area contributed by atoms with Crippen molar-refractivity contribution in [3.8, 4) is 0 Å². The number of nitrogens with zero attached hydrogens (tertiary/aromatic N) is 2. The molecule has 1 amide bonds. The fourth-order valence-corrected chi connectivity index (χ4v) is 5.07. The highest BCUT2D eigenvalue weighted by Gasteiger charge is 2.46. The highest BCUT2D eigenvalue weighted by Crippen LogP contribution is 2.41. The van der Waals surface area contributed by atoms with Crippen LogP contribution >= 0.6 is 0 Å². The number of hydrogen-bond donors (Lipinski definition) is 2. The second-order valence-electron chi connectivity index (χ2n) is 9.20. The molecule has 2 fully saturated rings. The maximum Gasteiger partial charge on any atom is 0.355 e. The Morgan fingerprint density at radius 3 is 2.62 bits per heavy atom. The highest BCUT2D eigenvalue weighted by atomic mass is 19.1. The molecule has 2 aliphatic rings. The molecule has 37 heavy (non-hydrogen) atoms. The molecule has 2 saturated heterocycles. The summed E-state index contributed by atoms with van der Waals surface area (Å²) in [5.74, 6) is -3.13. The first-order valence-electron chi connectivity index (χ1n) is 12.4. The molecule has 2 N–H and O–H groups in total. The number of ether oxygens (including phenoxy) is 2. The predicted octanol–water partition coefficient (Wildman–Crippen LogP) is 3.09. The molecule has 3 heterocycles. The Kier molecular flexibility index (Phi) is 8.09. The molecule has 2 aromatic rings. The van der Waals surface area contributed by atoms with Gasteiger partial charge in [-0.3, -0.25) is 14.5 Å². The molecule has 0 spiro atoms. The van der Waals surface area contributed by atoms with Gasteiger partial charge < -0.3 is 24.5 Å². The number of aromatic nitrogens is 1. The Bertz CT molecular complexity index is 1230. The number of benzene rings is 1. The number of carbonyl (C=O) groups is 3. The van der Waals surface area contributed by atoms with Gasteiger partial charge in [0.2, 0.25) is 0 Å². The van der Waals surface area contributed by atoms with E-state index in [1.54, 1.807) is 26.8 Å². The summed E-state index contributed by atoms with van der Waals surface area (Å²) in [5.41, 5.74) is 1.48. The van der Waals surface area contributed by atoms with Crippen LogP contribution in [0.15, 0.2) is 29.8 Å². The van der Waals surface area contributed by atoms with E-state index in [4.69, 9.17) is 9.47 Å². The van der Waals surface area contributed by atoms with Gasteiger partial charge in [0.15, 0.2) is 0 Å². The van der Waals surface area contributed by atoms with E-state index in [0.717, 1.165) is 13.1 Å². The average Bonchev–Trinajstić information content (AvgIpc) is 3.32. The van der Waals surface area contributed by atoms with E-state index in [1.165, 1.54) is 23.1 Å². The van der Waals surface area contributed by atoms with Crippen LogP contribution in [-0.4, -0.2) is 83.5 Å². The summed E-state index contributed by atoms with van der Waals surface area (Å²) in [6.45, 7) is 8.98. The van der Waals surface area contributed by atoms with Crippen LogP contribution < -0.4 is 0 Å². The molecular weight excluding hydrogens is 481 g/mol. The number of rotatable bonds is 8. The summed E-state index contributed by atoms with van der Waals surface area (Å²) >= 11 is 0. The van der Waals surface area contributed by atoms with Crippen LogP contribution in [0.3, 0.4) is 0 Å². The lowest BCUT2D eigenvalue weighted by Gasteiger charge is -2.29. The number of hydrogen-bond acceptors (Lipinski definition) is 7. The van der Waals surface area contributed by atoms with Crippen molar-refractivity contribution in [2.24, 2.45) is 0 Å². The molecule has 1 atom stereocenters. The van der Waals surface area contributed by atoms with E-state index >= 15 is 0 Å². The molecule has 9 nitrogen and oxygen atoms in total. The van der Waals surface area contributed by atoms with E-state index < -0.39 is 35.3 Å². The Balaban J connectivity index is 1.74. The van der Waals surface area contributed by atoms with Gasteiger partial charge in [-0.05, 0) is 50.5 Å². The summed E-state index contributed by atoms with van der Waals surface area (Å²) in [4.78, 5) is 45.4. The summed E-state index contributed by atoms with van der Waals surface area (Å²) in [6.07, 6.45) is 0.591. The second kappa shape index (κ2) is 11.3. The number of aliphatic hydroxyl groups is 1. The highest BCUT2D eigenvalue weighted by molar-refractivity contribution is 6.46. The standard InChI is InChI=1S/C27H32FN3O6/c1-4-37-27(35)22-16(2)20(17(3)29-22)24(32)21-23(18-7-5-8-19(28)15-18)31(26(34)25(21)33)10-6-9-30-11-13-36-14-12-30/h5,7-8,15,23,29,32H,4,6,9-14H2,1-3H3/b24-21+/t23-/m0/s1. The van der Waals surface area contributed by atoms with E-state index in [-0.39, 0.29) is 30.0 Å². The van der Waals surface area contributed by atoms with Gasteiger partial charge in [0.25, 0.3) is 11.7 Å². The minimum absolute atomic E-state index is 0.136. The van der Waals surface area contributed by atoms with Gasteiger partial charge in [0.1, 0.15) is 17.3 Å². The lowest BCUT2D eigenvalue weighted by atomic mass is 9.94. The van der Waals surface area contributed by atoms with Crippen LogP contribution in [-0.2, 0) is 19.1 Å². The molecule has 0 saturated carbocycles. The van der Waals surface area contributed by atoms with Crippen molar-refractivity contribution in [2.75, 3.05) is 46.0 Å². The van der Waals surface area contributed by atoms with Crippen molar-refractivity contribution in [2.45, 2.75) is 33.2 Å². The van der Waals surface area contributed by atoms with Crippen molar-refractivity contribution in [3.05, 3.63) is 63.7 Å². The number of aromatic amines is 1. The molecular formula is C27H32FN3O6. The molecule has 2 aliphatic heterocycles. The van der Waals surface area contributed by atoms with Crippen molar-refractivity contribution in [3.63, 3.8) is 0 Å². The van der Waals surface area contributed by atoms with Gasteiger partial charge in [0, 0.05) is 37.4 Å². The first kappa shape index (κ1) is 26.6. The zero-order valence-corrected chi connectivity index (χ0v) is 21.3. The number of aryl methyl sites for hydroxylation is 1. The number of halogens is 1. The van der Waals surface area contributed by atoms with Crippen LogP contribution in [0.25, 0.3) is 5.76 Å². The minimum atomic E-state index is -0.972. The number of esters is 1. The Morgan fingerprint density at radius 1 is 1.22 bits per heavy atom. The maximum absolute atomic E-state index is 14.2. The fraction of sp³-hybridized carbons (Fsp3) is 0.444. The lowest BCUT2D eigenvalue weighted by Crippen LogP contribution is -2.39. The van der Waals surface area contributed by atoms with E-state index in [9.17, 15) is 23.9 Å². The summed E-state index contributed by atoms with van der Waals surface area (Å²) < 4.78 is 24.7. The van der Waals surface area contributed by atoms with Gasteiger partial charge in [-0.15, -0.1) is 0 Å². The van der Waals surface area contributed by atoms with E-state index in [1.807, 2.05) is 0 Å². The second-order valence-corrected chi connectivity index (χ2v) is 9.20. The number of morpholine rings is 1. The molecule has 10 heteroatoms. The summed E-state index contributed by atoms with van der Waals surface area (Å²) in [7, 11) is 0. The summed E-state index contributed by atoms with van der Waals surface area (Å²) in [5, 5.41) is 11.4. The Hall–Kier alpha value is -3.50. The first-order chi connectivity index (χ1) is 17.7. The molecule has 0 bridgehead atoms. The minimum Gasteiger partial charge on any atom is -0.507 e. The van der Waals surface area contributed by atoms with E-state index in [0.29, 0.717) is 43.0 Å². The number of carbonyl (C=O) groups excluding carboxylic acids is 3. The molecule has 1 aromatic heterocycles. The third-order valence-corrected chi connectivity index (χ3v) is 6.84. The third-order valence-electron chi connectivity index (χ3n) is 6.84. The lowest BCUT2D eigenvalue weighted by molar-refractivity contribution is -0.140. The predicted molar refractivity (Wildman–Crippen MR) is 134 cm³/mol. The van der Waals surface area contributed by atoms with Gasteiger partial charge in [-0.25, -0.2) is 9.18 Å². The first-order valence-corrected chi connectivity index (χ1v) is 12.4. The average molecular weight is 514 g/mol. The molecule has 198 valence electrons. The fourth-order valence-electron chi connectivity index (χ4n) is 5.07. The van der Waals surface area contributed by atoms with Crippen molar-refractivity contribution >= 4 is 23.4 Å². The topological polar surface area (TPSA) is 112 Å². The number of amides is 1. The normalized spacial score (nSPS) is 20.0. The number of aliphatic hydroxyl groups excluding tert-OH is 1. The zero-order valence-electron chi connectivity index (χ0n) is 21.3. The molecule has 4 rings (SSSR count). The van der Waals surface area contributed by atoms with E-state index in [2.05, 4.69) is 9.88 Å². The van der Waals surface area contributed by atoms with Crippen molar-refractivity contribution < 1.29 is 33.4 Å². The number of Topliss-reactive ketones (excluding diaryl/α,β-unsaturated/α-hetero) is 1. The van der Waals surface area contributed by atoms with Gasteiger partial charge in [-0.2, -0.15) is 0 Å². The van der Waals surface area contributed by atoms with Crippen LogP contribution in [0.1, 0.15) is 52.3 Å². The smallest absolute Gasteiger partial charge is 0.355 e. The number of ketones is 1. The van der Waals surface area contributed by atoms with Crippen molar-refractivity contribution in [1.29, 1.82) is 0 Å². The van der Waals surface area contributed by atoms with Crippen LogP contribution in [0, 0.1) is 19.7 Å². The maximum atomic E-state index is 14.2. The molecule has 0 radical (unpaired) electrons. The van der Waals surface area contributed by atoms with Gasteiger partial charge in [-0.1, -0.05) is 12.1 Å². The third kappa shape index (κ3) is 5.30. The van der Waals surface area contributed by atoms with Crippen molar-refractivity contribution in [1.82, 2.24) is 14.8 Å².